The first-order valence-electron chi connectivity index (χ1n) is 44.2. The number of primary amides is 1. The molecule has 5 heterocycles. The molecule has 0 spiro atoms. The Morgan fingerprint density at radius 1 is 0.529 bits per heavy atom. The SMILES string of the molecule is CC(C)C[C@@H]1NC(=O)[C@H](Cc2cccc(NC(=O)CCCS(N)(=O)=O)c2)NC(=O)[C@H](CC(=O)O)NC(=O)[C@H]2CCCN2C(=O)[C@H](CCC(=O)O)NC(=O)[C@@H]2CSCc3cccc(c3)CSC[C@@H](C(N)=O)NC(=O)[C@H](CNC(=O)CC[C@H](NC(=O)CN3CCN(CC(=O)O)CCN(CC(=O)O)CCN(CC(=O)O)CC3)C(=O)N2)NC(=O)[C@H](Cc2c[nH]c3ccccc23)NC(=O)[C@H]([C@@H](C)O)NC1=O. The number of anilines is 1. The lowest BCUT2D eigenvalue weighted by atomic mass is 9.99. The van der Waals surface area contributed by atoms with Crippen molar-refractivity contribution in [3.05, 3.63) is 101 Å². The number of carboxylic acids is 5. The van der Waals surface area contributed by atoms with E-state index in [9.17, 15) is 87.0 Å². The zero-order valence-corrected chi connectivity index (χ0v) is 77.8. The van der Waals surface area contributed by atoms with Gasteiger partial charge in [0.25, 0.3) is 0 Å². The fourth-order valence-electron chi connectivity index (χ4n) is 15.6. The molecule has 4 aromatic rings. The van der Waals surface area contributed by atoms with Crippen molar-refractivity contribution in [2.45, 2.75) is 182 Å². The number of H-pyrrole nitrogens is 1. The Bertz CT molecular complexity index is 5070. The van der Waals surface area contributed by atoms with Gasteiger partial charge in [0.1, 0.15) is 66.5 Å². The van der Waals surface area contributed by atoms with E-state index in [1.165, 1.54) is 50.1 Å². The fourth-order valence-corrected chi connectivity index (χ4v) is 18.2. The molecule has 8 rings (SSSR count). The van der Waals surface area contributed by atoms with Gasteiger partial charge in [0.2, 0.25) is 92.7 Å². The molecule has 3 saturated heterocycles. The van der Waals surface area contributed by atoms with Crippen LogP contribution in [0.25, 0.3) is 10.9 Å². The van der Waals surface area contributed by atoms with Crippen LogP contribution in [0.15, 0.2) is 79.0 Å². The first kappa shape index (κ1) is 109. The summed E-state index contributed by atoms with van der Waals surface area (Å²) < 4.78 is 23.4. The summed E-state index contributed by atoms with van der Waals surface area (Å²) in [6.07, 6.45) is -6.56. The summed E-state index contributed by atoms with van der Waals surface area (Å²) in [4.78, 5) is 280. The Balaban J connectivity index is 1.26. The number of aromatic amines is 1. The number of para-hydroxylation sites is 1. The minimum atomic E-state index is -3.96. The van der Waals surface area contributed by atoms with Crippen LogP contribution >= 0.6 is 23.5 Å². The Hall–Kier alpha value is -12.5. The Morgan fingerprint density at radius 3 is 1.67 bits per heavy atom. The monoisotopic (exact) mass is 1960 g/mol. The van der Waals surface area contributed by atoms with Crippen molar-refractivity contribution in [2.75, 3.05) is 114 Å². The highest BCUT2D eigenvalue weighted by Crippen LogP contribution is 2.26. The molecule has 4 aliphatic rings. The topological polar surface area (TPSA) is 708 Å². The van der Waals surface area contributed by atoms with Crippen molar-refractivity contribution in [1.29, 1.82) is 0 Å². The third-order valence-electron chi connectivity index (χ3n) is 22.6. The van der Waals surface area contributed by atoms with Crippen molar-refractivity contribution in [1.82, 2.24) is 88.0 Å². The molecule has 0 unspecified atom stereocenters. The van der Waals surface area contributed by atoms with Crippen molar-refractivity contribution >= 4 is 163 Å². The Labute approximate surface area is 790 Å². The standard InChI is InChI=1S/C86H120N20O27S3/c1-48(2)32-59-81(126)101-75(49(3)107)85(130)97-61(36-53-38-89-56-15-5-4-14-55(53)56)79(124)98-63-39-90-67(108)20-18-57(92-69(110)40-102-23-25-103(41-72(115)116)27-29-105(43-74(119)120)30-28-104(26-24-102)42-73(117)118)77(122)100-65(47-135-45-52-12-6-11-51(33-52)44-134-46-64(76(87)121)99-82(63)127)83(128)93-58(19-21-70(111)112)86(131)106-22-8-16-66(106)84(129)96-62(37-71(113)114)80(125)95-60(78(123)94-59)35-50-10-7-13-54(34-50)91-68(109)17-9-31-136(88,132)133/h4-7,10-15,33-34,38,48-49,57-66,75,89,107H,8-9,16-32,35-37,39-47H2,1-3H3,(H2,87,121)(H,90,108)(H,91,109)(H,92,110)(H,93,128)(H,94,123)(H,95,125)(H,96,129)(H,97,130)(H,98,124)(H,99,127)(H,100,122)(H,101,126)(H,111,112)(H,113,114)(H,115,116)(H,117,118)(H,119,120)(H2,88,132,133)/t49-,57+,58+,59+,60+,61+,62+,63+,64+,65+,66-,75+/m1/s1. The number of nitrogens with one attached hydrogen (secondary N) is 13. The van der Waals surface area contributed by atoms with Gasteiger partial charge in [0.05, 0.1) is 44.5 Å². The van der Waals surface area contributed by atoms with E-state index >= 15 is 43.2 Å². The summed E-state index contributed by atoms with van der Waals surface area (Å²) in [5.41, 5.74) is 8.36. The highest BCUT2D eigenvalue weighted by atomic mass is 32.2. The molecule has 47 nitrogen and oxygen atoms in total. The maximum absolute atomic E-state index is 15.5. The smallest absolute Gasteiger partial charge is 0.317 e. The first-order valence-corrected chi connectivity index (χ1v) is 48.2. The molecule has 0 radical (unpaired) electrons. The molecular formula is C86H120N20O27S3. The van der Waals surface area contributed by atoms with Crippen LogP contribution in [0, 0.1) is 5.92 Å². The van der Waals surface area contributed by atoms with Crippen LogP contribution in [0.3, 0.4) is 0 Å². The number of sulfonamides is 1. The van der Waals surface area contributed by atoms with Gasteiger partial charge in [-0.2, -0.15) is 23.5 Å². The van der Waals surface area contributed by atoms with Crippen molar-refractivity contribution < 1.29 is 130 Å². The van der Waals surface area contributed by atoms with E-state index in [0.717, 1.165) is 35.3 Å². The van der Waals surface area contributed by atoms with Gasteiger partial charge in [0.15, 0.2) is 0 Å². The van der Waals surface area contributed by atoms with Crippen LogP contribution < -0.4 is 74.7 Å². The number of nitrogens with zero attached hydrogens (tertiary/aromatic N) is 5. The van der Waals surface area contributed by atoms with E-state index in [2.05, 4.69) is 68.8 Å². The number of fused-ring (bicyclic) bond motifs is 13. The number of benzene rings is 3. The number of carbonyl (C=O) groups is 19. The molecule has 0 aliphatic carbocycles. The minimum absolute atomic E-state index is 0.0103. The number of thioether (sulfide) groups is 2. The van der Waals surface area contributed by atoms with Gasteiger partial charge >= 0.3 is 29.8 Å². The fraction of sp³-hybridized carbons (Fsp3) is 0.547. The molecule has 50 heteroatoms. The van der Waals surface area contributed by atoms with Crippen molar-refractivity contribution in [2.24, 2.45) is 16.8 Å². The number of carboxylic acid groups (broad SMARTS) is 5. The van der Waals surface area contributed by atoms with Crippen LogP contribution in [-0.4, -0.2) is 363 Å². The number of aliphatic hydroxyl groups excluding tert-OH is 1. The number of hydrogen-bond acceptors (Lipinski definition) is 28. The van der Waals surface area contributed by atoms with Crippen LogP contribution in [0.4, 0.5) is 5.69 Å². The number of aliphatic carboxylic acids is 5. The van der Waals surface area contributed by atoms with Crippen molar-refractivity contribution in [3.8, 4) is 0 Å². The van der Waals surface area contributed by atoms with Gasteiger partial charge in [-0.25, -0.2) is 13.6 Å². The predicted molar refractivity (Wildman–Crippen MR) is 491 cm³/mol. The molecule has 3 fully saturated rings. The number of carbonyl (C=O) groups excluding carboxylic acids is 14. The van der Waals surface area contributed by atoms with Gasteiger partial charge in [0, 0.05) is 143 Å². The maximum Gasteiger partial charge on any atom is 0.317 e. The summed E-state index contributed by atoms with van der Waals surface area (Å²) in [5.74, 6) is -24.0. The first-order chi connectivity index (χ1) is 64.4. The second-order valence-electron chi connectivity index (χ2n) is 34.1. The third-order valence-corrected chi connectivity index (χ3v) is 25.6. The van der Waals surface area contributed by atoms with E-state index in [1.807, 2.05) is 0 Å². The number of amides is 14. The molecule has 136 heavy (non-hydrogen) atoms. The van der Waals surface area contributed by atoms with E-state index in [4.69, 9.17) is 10.9 Å². The van der Waals surface area contributed by atoms with E-state index in [-0.39, 0.29) is 120 Å². The molecule has 23 N–H and O–H groups in total. The zero-order chi connectivity index (χ0) is 99.6. The minimum Gasteiger partial charge on any atom is -0.481 e. The molecule has 4 bridgehead atoms. The summed E-state index contributed by atoms with van der Waals surface area (Å²) >= 11 is 2.18. The highest BCUT2D eigenvalue weighted by molar-refractivity contribution is 7.98. The van der Waals surface area contributed by atoms with E-state index < -0.39 is 290 Å². The number of nitrogens with two attached hydrogens (primary N) is 2. The number of aliphatic hydroxyl groups is 1. The lowest BCUT2D eigenvalue weighted by Crippen LogP contribution is -2.63. The highest BCUT2D eigenvalue weighted by Gasteiger charge is 2.43. The molecule has 1 aromatic heterocycles. The number of hydrogen-bond donors (Lipinski definition) is 21. The average molecular weight is 1960 g/mol. The third kappa shape index (κ3) is 36.6. The number of primary sulfonamides is 1. The van der Waals surface area contributed by atoms with Gasteiger partial charge in [-0.05, 0) is 91.8 Å². The maximum atomic E-state index is 15.5. The van der Waals surface area contributed by atoms with Gasteiger partial charge in [-0.3, -0.25) is 111 Å². The zero-order valence-electron chi connectivity index (χ0n) is 75.3. The van der Waals surface area contributed by atoms with Gasteiger partial charge in [-0.15, -0.1) is 0 Å². The van der Waals surface area contributed by atoms with Crippen LogP contribution in [0.2, 0.25) is 0 Å². The van der Waals surface area contributed by atoms with Gasteiger partial charge in [-0.1, -0.05) is 68.4 Å². The predicted octanol–water partition coefficient (Wildman–Crippen LogP) is -5.38. The normalized spacial score (nSPS) is 23.7. The molecule has 0 saturated carbocycles. The summed E-state index contributed by atoms with van der Waals surface area (Å²) in [6, 6.07) is -1.01. The molecular weight excluding hydrogens is 1840 g/mol. The Kier molecular flexibility index (Phi) is 42.5. The van der Waals surface area contributed by atoms with E-state index in [0.29, 0.717) is 27.6 Å². The van der Waals surface area contributed by atoms with Gasteiger partial charge < -0.3 is 110 Å². The summed E-state index contributed by atoms with van der Waals surface area (Å²) in [6.45, 7) is 0.645. The van der Waals surface area contributed by atoms with Crippen LogP contribution in [0.1, 0.15) is 107 Å². The molecule has 744 valence electrons. The van der Waals surface area contributed by atoms with Crippen molar-refractivity contribution in [3.63, 3.8) is 0 Å². The molecule has 3 aromatic carbocycles. The van der Waals surface area contributed by atoms with Crippen LogP contribution in [-0.2, 0) is 125 Å². The summed E-state index contributed by atoms with van der Waals surface area (Å²) in [7, 11) is -3.96. The summed E-state index contributed by atoms with van der Waals surface area (Å²) in [5, 5.41) is 98.0. The molecule has 14 amide bonds. The lowest BCUT2D eigenvalue weighted by molar-refractivity contribution is -0.145. The largest absolute Gasteiger partial charge is 0.481 e. The quantitative estimate of drug-likeness (QED) is 0.0265. The number of rotatable bonds is 27. The molecule has 4 aliphatic heterocycles. The lowest BCUT2D eigenvalue weighted by Gasteiger charge is -2.33. The van der Waals surface area contributed by atoms with Crippen LogP contribution in [0.5, 0.6) is 0 Å². The second-order valence-corrected chi connectivity index (χ2v) is 37.8. The molecule has 12 atom stereocenters. The Morgan fingerprint density at radius 2 is 1.07 bits per heavy atom. The average Bonchev–Trinajstić information content (AvgIpc) is 1.66. The van der Waals surface area contributed by atoms with E-state index in [1.54, 1.807) is 62.4 Å². The number of aromatic nitrogens is 1. The second kappa shape index (κ2) is 53.2.